The van der Waals surface area contributed by atoms with Crippen molar-refractivity contribution in [2.24, 2.45) is 5.10 Å². The van der Waals surface area contributed by atoms with Gasteiger partial charge in [0.05, 0.1) is 11.1 Å². The number of carbonyl (C=O) groups is 1. The van der Waals surface area contributed by atoms with E-state index in [-0.39, 0.29) is 12.5 Å². The van der Waals surface area contributed by atoms with Crippen LogP contribution in [0.1, 0.15) is 36.5 Å². The summed E-state index contributed by atoms with van der Waals surface area (Å²) in [6.07, 6.45) is 1.27. The van der Waals surface area contributed by atoms with E-state index in [0.717, 1.165) is 17.2 Å². The fourth-order valence-corrected chi connectivity index (χ4v) is 2.37. The second-order valence-corrected chi connectivity index (χ2v) is 6.28. The first-order valence-corrected chi connectivity index (χ1v) is 8.30. The second-order valence-electron chi connectivity index (χ2n) is 6.28. The van der Waals surface area contributed by atoms with Gasteiger partial charge in [0.15, 0.2) is 12.4 Å². The molecular weight excluding hydrogens is 350 g/mol. The third-order valence-corrected chi connectivity index (χ3v) is 3.75. The summed E-state index contributed by atoms with van der Waals surface area (Å²) in [6, 6.07) is 9.61. The first-order chi connectivity index (χ1) is 12.8. The van der Waals surface area contributed by atoms with Gasteiger partial charge < -0.3 is 9.84 Å². The Morgan fingerprint density at radius 2 is 2.07 bits per heavy atom. The van der Waals surface area contributed by atoms with Gasteiger partial charge >= 0.3 is 5.69 Å². The Bertz CT molecular complexity index is 878. The topological polar surface area (TPSA) is 114 Å². The number of hydrogen-bond acceptors (Lipinski definition) is 6. The van der Waals surface area contributed by atoms with Gasteiger partial charge in [0.1, 0.15) is 5.75 Å². The van der Waals surface area contributed by atoms with Gasteiger partial charge in [-0.2, -0.15) is 5.10 Å². The van der Waals surface area contributed by atoms with E-state index in [0.29, 0.717) is 11.3 Å². The van der Waals surface area contributed by atoms with Crippen molar-refractivity contribution in [1.29, 1.82) is 0 Å². The fraction of sp³-hybridized carbons (Fsp3) is 0.263. The van der Waals surface area contributed by atoms with Crippen LogP contribution >= 0.6 is 0 Å². The maximum Gasteiger partial charge on any atom is 0.310 e. The number of aromatic hydroxyl groups is 1. The van der Waals surface area contributed by atoms with Crippen molar-refractivity contribution in [2.75, 3.05) is 6.61 Å². The molecule has 2 aromatic carbocycles. The number of benzene rings is 2. The molecule has 0 aliphatic carbocycles. The first kappa shape index (κ1) is 19.9. The quantitative estimate of drug-likeness (QED) is 0.440. The van der Waals surface area contributed by atoms with Gasteiger partial charge in [-0.1, -0.05) is 26.0 Å². The molecule has 0 bridgehead atoms. The molecule has 27 heavy (non-hydrogen) atoms. The number of phenolic OH excluding ortho intramolecular Hbond substituents is 1. The first-order valence-electron chi connectivity index (χ1n) is 8.30. The number of phenols is 1. The zero-order valence-corrected chi connectivity index (χ0v) is 15.3. The SMILES string of the molecule is Cc1ccc(C(C)C)c(OCC(=O)NN=Cc2ccc([N+](=O)[O-])c(O)c2)c1. The molecule has 0 saturated carbocycles. The lowest BCUT2D eigenvalue weighted by atomic mass is 10.0. The Labute approximate surface area is 156 Å². The van der Waals surface area contributed by atoms with Crippen molar-refractivity contribution >= 4 is 17.8 Å². The van der Waals surface area contributed by atoms with Crippen molar-refractivity contribution in [3.05, 3.63) is 63.2 Å². The van der Waals surface area contributed by atoms with Crippen LogP contribution in [0, 0.1) is 17.0 Å². The lowest BCUT2D eigenvalue weighted by Crippen LogP contribution is -2.25. The molecule has 0 atom stereocenters. The lowest BCUT2D eigenvalue weighted by Gasteiger charge is -2.14. The van der Waals surface area contributed by atoms with Gasteiger partial charge in [-0.15, -0.1) is 0 Å². The zero-order valence-electron chi connectivity index (χ0n) is 15.3. The lowest BCUT2D eigenvalue weighted by molar-refractivity contribution is -0.385. The van der Waals surface area contributed by atoms with E-state index in [1.165, 1.54) is 18.3 Å². The molecule has 0 heterocycles. The Morgan fingerprint density at radius 3 is 2.70 bits per heavy atom. The molecule has 1 amide bonds. The molecule has 8 heteroatoms. The zero-order chi connectivity index (χ0) is 20.0. The smallest absolute Gasteiger partial charge is 0.310 e. The van der Waals surface area contributed by atoms with Crippen molar-refractivity contribution < 1.29 is 19.6 Å². The Kier molecular flexibility index (Phi) is 6.48. The molecule has 2 N–H and O–H groups in total. The molecule has 142 valence electrons. The molecular formula is C19H21N3O5. The predicted molar refractivity (Wildman–Crippen MR) is 101 cm³/mol. The number of ether oxygens (including phenoxy) is 1. The van der Waals surface area contributed by atoms with Gasteiger partial charge in [-0.05, 0) is 47.7 Å². The van der Waals surface area contributed by atoms with E-state index in [2.05, 4.69) is 10.5 Å². The van der Waals surface area contributed by atoms with E-state index in [9.17, 15) is 20.0 Å². The average Bonchev–Trinajstić information content (AvgIpc) is 2.59. The molecule has 0 radical (unpaired) electrons. The fourth-order valence-electron chi connectivity index (χ4n) is 2.37. The molecule has 2 rings (SSSR count). The van der Waals surface area contributed by atoms with E-state index in [4.69, 9.17) is 4.74 Å². The number of nitrogens with one attached hydrogen (secondary N) is 1. The Morgan fingerprint density at radius 1 is 1.33 bits per heavy atom. The summed E-state index contributed by atoms with van der Waals surface area (Å²) < 4.78 is 5.60. The number of nitro benzene ring substituents is 1. The largest absolute Gasteiger partial charge is 0.502 e. The highest BCUT2D eigenvalue weighted by Crippen LogP contribution is 2.27. The third-order valence-electron chi connectivity index (χ3n) is 3.75. The van der Waals surface area contributed by atoms with Gasteiger partial charge in [-0.25, -0.2) is 5.43 Å². The molecule has 0 aromatic heterocycles. The van der Waals surface area contributed by atoms with Crippen LogP contribution in [0.15, 0.2) is 41.5 Å². The number of aryl methyl sites for hydroxylation is 1. The Hall–Kier alpha value is -3.42. The highest BCUT2D eigenvalue weighted by Gasteiger charge is 2.12. The molecule has 0 unspecified atom stereocenters. The monoisotopic (exact) mass is 371 g/mol. The van der Waals surface area contributed by atoms with Gasteiger partial charge in [-0.3, -0.25) is 14.9 Å². The number of amides is 1. The maximum atomic E-state index is 11.9. The van der Waals surface area contributed by atoms with Gasteiger partial charge in [0, 0.05) is 6.07 Å². The summed E-state index contributed by atoms with van der Waals surface area (Å²) >= 11 is 0. The van der Waals surface area contributed by atoms with E-state index in [1.54, 1.807) is 0 Å². The number of hydrogen-bond donors (Lipinski definition) is 2. The minimum absolute atomic E-state index is 0.202. The van der Waals surface area contributed by atoms with Crippen molar-refractivity contribution in [2.45, 2.75) is 26.7 Å². The normalized spacial score (nSPS) is 11.0. The van der Waals surface area contributed by atoms with Crippen LogP contribution in [0.5, 0.6) is 11.5 Å². The van der Waals surface area contributed by atoms with Crippen molar-refractivity contribution in [3.8, 4) is 11.5 Å². The maximum absolute atomic E-state index is 11.9. The second kappa shape index (κ2) is 8.79. The summed E-state index contributed by atoms with van der Waals surface area (Å²) in [5, 5.41) is 24.0. The van der Waals surface area contributed by atoms with Gasteiger partial charge in [0.25, 0.3) is 5.91 Å². The summed E-state index contributed by atoms with van der Waals surface area (Å²) in [5.74, 6) is -0.00575. The third kappa shape index (κ3) is 5.53. The van der Waals surface area contributed by atoms with Crippen molar-refractivity contribution in [1.82, 2.24) is 5.43 Å². The van der Waals surface area contributed by atoms with E-state index >= 15 is 0 Å². The average molecular weight is 371 g/mol. The van der Waals surface area contributed by atoms with Gasteiger partial charge in [0.2, 0.25) is 0 Å². The summed E-state index contributed by atoms with van der Waals surface area (Å²) in [5.41, 5.74) is 4.36. The predicted octanol–water partition coefficient (Wildman–Crippen LogP) is 3.26. The van der Waals surface area contributed by atoms with Crippen molar-refractivity contribution in [3.63, 3.8) is 0 Å². The van der Waals surface area contributed by atoms with E-state index in [1.807, 2.05) is 39.0 Å². The summed E-state index contributed by atoms with van der Waals surface area (Å²) in [7, 11) is 0. The van der Waals surface area contributed by atoms with Crippen LogP contribution in [0.25, 0.3) is 0 Å². The summed E-state index contributed by atoms with van der Waals surface area (Å²) in [4.78, 5) is 21.9. The molecule has 0 aliphatic heterocycles. The number of nitrogens with zero attached hydrogens (tertiary/aromatic N) is 2. The number of rotatable bonds is 7. The highest BCUT2D eigenvalue weighted by molar-refractivity contribution is 5.83. The minimum Gasteiger partial charge on any atom is -0.502 e. The molecule has 0 aliphatic rings. The Balaban J connectivity index is 1.93. The van der Waals surface area contributed by atoms with Crippen LogP contribution < -0.4 is 10.2 Å². The highest BCUT2D eigenvalue weighted by atomic mass is 16.6. The molecule has 8 nitrogen and oxygen atoms in total. The number of carbonyl (C=O) groups excluding carboxylic acids is 1. The van der Waals surface area contributed by atoms with Crippen LogP contribution in [0.4, 0.5) is 5.69 Å². The van der Waals surface area contributed by atoms with Crippen LogP contribution in [-0.4, -0.2) is 28.8 Å². The van der Waals surface area contributed by atoms with Crippen LogP contribution in [-0.2, 0) is 4.79 Å². The minimum atomic E-state index is -0.688. The number of nitro groups is 1. The molecule has 0 spiro atoms. The van der Waals surface area contributed by atoms with Crippen LogP contribution in [0.2, 0.25) is 0 Å². The number of hydrazone groups is 1. The van der Waals surface area contributed by atoms with Crippen LogP contribution in [0.3, 0.4) is 0 Å². The summed E-state index contributed by atoms with van der Waals surface area (Å²) in [6.45, 7) is 5.83. The standard InChI is InChI=1S/C19H21N3O5/c1-12(2)15-6-4-13(3)8-18(15)27-11-19(24)21-20-10-14-5-7-16(22(25)26)17(23)9-14/h4-10,12,23H,11H2,1-3H3,(H,21,24). The molecule has 0 saturated heterocycles. The van der Waals surface area contributed by atoms with E-state index < -0.39 is 22.3 Å². The molecule has 2 aromatic rings. The molecule has 0 fully saturated rings.